The summed E-state index contributed by atoms with van der Waals surface area (Å²) in [5.74, 6) is 0.597. The molecule has 3 N–H and O–H groups in total. The second kappa shape index (κ2) is 4.24. The molecule has 0 radical (unpaired) electrons. The summed E-state index contributed by atoms with van der Waals surface area (Å²) in [6, 6.07) is 11.3. The van der Waals surface area contributed by atoms with Gasteiger partial charge in [-0.25, -0.2) is 0 Å². The second-order valence-corrected chi connectivity index (χ2v) is 4.31. The third-order valence-electron chi connectivity index (χ3n) is 3.11. The van der Waals surface area contributed by atoms with Crippen LogP contribution in [0, 0.1) is 0 Å². The van der Waals surface area contributed by atoms with Crippen LogP contribution in [-0.2, 0) is 0 Å². The van der Waals surface area contributed by atoms with Gasteiger partial charge in [0.2, 0.25) is 0 Å². The zero-order valence-corrected chi connectivity index (χ0v) is 10.00. The summed E-state index contributed by atoms with van der Waals surface area (Å²) in [5, 5.41) is 29.4. The second-order valence-electron chi connectivity index (χ2n) is 4.31. The Bertz CT molecular complexity index is 656. The van der Waals surface area contributed by atoms with Gasteiger partial charge in [0.1, 0.15) is 35.2 Å². The lowest BCUT2D eigenvalue weighted by molar-refractivity contribution is 0.348. The molecule has 0 bridgehead atoms. The molecule has 19 heavy (non-hydrogen) atoms. The van der Waals surface area contributed by atoms with E-state index in [2.05, 4.69) is 0 Å². The predicted octanol–water partition coefficient (Wildman–Crippen LogP) is 2.92. The van der Waals surface area contributed by atoms with Gasteiger partial charge >= 0.3 is 0 Å². The molecule has 0 amide bonds. The van der Waals surface area contributed by atoms with Crippen molar-refractivity contribution in [3.05, 3.63) is 53.6 Å². The van der Waals surface area contributed by atoms with Gasteiger partial charge in [0, 0.05) is 5.57 Å². The molecule has 1 heterocycles. The van der Waals surface area contributed by atoms with Gasteiger partial charge in [0.25, 0.3) is 0 Å². The average Bonchev–Trinajstić information content (AvgIpc) is 2.40. The highest BCUT2D eigenvalue weighted by molar-refractivity contribution is 5.92. The molecule has 1 aliphatic heterocycles. The van der Waals surface area contributed by atoms with Crippen molar-refractivity contribution in [2.24, 2.45) is 0 Å². The molecule has 0 unspecified atom stereocenters. The molecular weight excluding hydrogens is 244 g/mol. The molecule has 0 saturated carbocycles. The van der Waals surface area contributed by atoms with Crippen LogP contribution in [0.2, 0.25) is 0 Å². The summed E-state index contributed by atoms with van der Waals surface area (Å²) < 4.78 is 5.53. The van der Waals surface area contributed by atoms with Crippen LogP contribution in [0.15, 0.2) is 42.5 Å². The Morgan fingerprint density at radius 3 is 2.37 bits per heavy atom. The molecule has 0 spiro atoms. The highest BCUT2D eigenvalue weighted by Gasteiger charge is 2.23. The van der Waals surface area contributed by atoms with Crippen LogP contribution in [0.1, 0.15) is 11.1 Å². The van der Waals surface area contributed by atoms with E-state index in [0.29, 0.717) is 16.9 Å². The molecule has 4 heteroatoms. The SMILES string of the molecule is OC1=C(c2ccc(O)cc2)COc2cccc(O)c21. The van der Waals surface area contributed by atoms with Crippen molar-refractivity contribution in [2.45, 2.75) is 0 Å². The number of fused-ring (bicyclic) bond motifs is 1. The van der Waals surface area contributed by atoms with Crippen molar-refractivity contribution in [1.82, 2.24) is 0 Å². The van der Waals surface area contributed by atoms with Crippen LogP contribution in [0.4, 0.5) is 0 Å². The number of aliphatic hydroxyl groups excluding tert-OH is 1. The number of rotatable bonds is 1. The number of aromatic hydroxyl groups is 2. The minimum atomic E-state index is -0.0222. The monoisotopic (exact) mass is 256 g/mol. The van der Waals surface area contributed by atoms with Crippen molar-refractivity contribution in [2.75, 3.05) is 6.61 Å². The number of ether oxygens (including phenoxy) is 1. The van der Waals surface area contributed by atoms with E-state index in [9.17, 15) is 15.3 Å². The van der Waals surface area contributed by atoms with Crippen LogP contribution in [0.5, 0.6) is 17.2 Å². The van der Waals surface area contributed by atoms with Gasteiger partial charge in [-0.15, -0.1) is 0 Å². The number of aliphatic hydroxyl groups is 1. The van der Waals surface area contributed by atoms with E-state index in [1.807, 2.05) is 0 Å². The lowest BCUT2D eigenvalue weighted by atomic mass is 9.98. The first kappa shape index (κ1) is 11.5. The largest absolute Gasteiger partial charge is 0.508 e. The molecule has 0 atom stereocenters. The Hall–Kier alpha value is -2.62. The molecule has 4 nitrogen and oxygen atoms in total. The Kier molecular flexibility index (Phi) is 2.56. The van der Waals surface area contributed by atoms with Gasteiger partial charge < -0.3 is 20.1 Å². The Balaban J connectivity index is 2.15. The summed E-state index contributed by atoms with van der Waals surface area (Å²) in [6.45, 7) is 0.215. The molecule has 0 saturated heterocycles. The molecule has 1 aliphatic rings. The maximum Gasteiger partial charge on any atom is 0.137 e. The number of hydrogen-bond acceptors (Lipinski definition) is 4. The highest BCUT2D eigenvalue weighted by Crippen LogP contribution is 2.40. The van der Waals surface area contributed by atoms with E-state index in [0.717, 1.165) is 5.56 Å². The van der Waals surface area contributed by atoms with Gasteiger partial charge in [-0.05, 0) is 29.8 Å². The normalized spacial score (nSPS) is 13.9. The molecular formula is C15H12O4. The standard InChI is InChI=1S/C15H12O4/c16-10-6-4-9(5-7-10)11-8-19-13-3-1-2-12(17)14(13)15(11)18/h1-7,16-18H,8H2. The molecule has 0 aromatic heterocycles. The van der Waals surface area contributed by atoms with E-state index in [-0.39, 0.29) is 23.9 Å². The molecule has 3 rings (SSSR count). The summed E-state index contributed by atoms with van der Waals surface area (Å²) in [6.07, 6.45) is 0. The van der Waals surface area contributed by atoms with Crippen molar-refractivity contribution in [3.8, 4) is 17.2 Å². The first-order valence-electron chi connectivity index (χ1n) is 5.83. The van der Waals surface area contributed by atoms with Gasteiger partial charge in [0.15, 0.2) is 0 Å². The third-order valence-corrected chi connectivity index (χ3v) is 3.11. The van der Waals surface area contributed by atoms with Crippen molar-refractivity contribution in [3.63, 3.8) is 0 Å². The van der Waals surface area contributed by atoms with Crippen molar-refractivity contribution < 1.29 is 20.1 Å². The van der Waals surface area contributed by atoms with E-state index in [4.69, 9.17) is 4.74 Å². The Labute approximate surface area is 109 Å². The Morgan fingerprint density at radius 2 is 1.63 bits per heavy atom. The smallest absolute Gasteiger partial charge is 0.137 e. The highest BCUT2D eigenvalue weighted by atomic mass is 16.5. The van der Waals surface area contributed by atoms with E-state index in [1.54, 1.807) is 24.3 Å². The van der Waals surface area contributed by atoms with Crippen molar-refractivity contribution in [1.29, 1.82) is 0 Å². The van der Waals surface area contributed by atoms with E-state index >= 15 is 0 Å². The van der Waals surface area contributed by atoms with Gasteiger partial charge in [0.05, 0.1) is 0 Å². The van der Waals surface area contributed by atoms with Crippen LogP contribution in [0.25, 0.3) is 11.3 Å². The molecule has 0 fully saturated rings. The van der Waals surface area contributed by atoms with Gasteiger partial charge in [-0.3, -0.25) is 0 Å². The number of phenols is 2. The average molecular weight is 256 g/mol. The zero-order valence-electron chi connectivity index (χ0n) is 10.00. The van der Waals surface area contributed by atoms with E-state index < -0.39 is 0 Å². The lowest BCUT2D eigenvalue weighted by Gasteiger charge is -2.21. The predicted molar refractivity (Wildman–Crippen MR) is 71.2 cm³/mol. The fourth-order valence-corrected chi connectivity index (χ4v) is 2.13. The lowest BCUT2D eigenvalue weighted by Crippen LogP contribution is -2.10. The molecule has 2 aromatic carbocycles. The number of benzene rings is 2. The topological polar surface area (TPSA) is 69.9 Å². The summed E-state index contributed by atoms with van der Waals surface area (Å²) >= 11 is 0. The molecule has 2 aromatic rings. The summed E-state index contributed by atoms with van der Waals surface area (Å²) in [5.41, 5.74) is 1.62. The Morgan fingerprint density at radius 1 is 0.895 bits per heavy atom. The van der Waals surface area contributed by atoms with Crippen molar-refractivity contribution >= 4 is 11.3 Å². The minimum absolute atomic E-state index is 0.00467. The third kappa shape index (κ3) is 1.87. The summed E-state index contributed by atoms with van der Waals surface area (Å²) in [7, 11) is 0. The fourth-order valence-electron chi connectivity index (χ4n) is 2.13. The maximum atomic E-state index is 10.3. The quantitative estimate of drug-likeness (QED) is 0.733. The maximum absolute atomic E-state index is 10.3. The summed E-state index contributed by atoms with van der Waals surface area (Å²) in [4.78, 5) is 0. The minimum Gasteiger partial charge on any atom is -0.508 e. The first-order chi connectivity index (χ1) is 9.16. The van der Waals surface area contributed by atoms with Gasteiger partial charge in [-0.1, -0.05) is 18.2 Å². The van der Waals surface area contributed by atoms with Crippen LogP contribution in [-0.4, -0.2) is 21.9 Å². The number of hydrogen-bond donors (Lipinski definition) is 3. The molecule has 96 valence electrons. The van der Waals surface area contributed by atoms with Crippen LogP contribution in [0.3, 0.4) is 0 Å². The number of phenolic OH excluding ortho intramolecular Hbond substituents is 2. The van der Waals surface area contributed by atoms with Crippen LogP contribution >= 0.6 is 0 Å². The van der Waals surface area contributed by atoms with E-state index in [1.165, 1.54) is 18.2 Å². The van der Waals surface area contributed by atoms with Gasteiger partial charge in [-0.2, -0.15) is 0 Å². The molecule has 0 aliphatic carbocycles. The van der Waals surface area contributed by atoms with Crippen LogP contribution < -0.4 is 4.74 Å². The fraction of sp³-hybridized carbons (Fsp3) is 0.0667. The zero-order chi connectivity index (χ0) is 13.4. The first-order valence-corrected chi connectivity index (χ1v) is 5.83.